The van der Waals surface area contributed by atoms with E-state index in [1.165, 1.54) is 12.1 Å². The lowest BCUT2D eigenvalue weighted by molar-refractivity contribution is -0.193. The van der Waals surface area contributed by atoms with Crippen molar-refractivity contribution in [1.82, 2.24) is 0 Å². The minimum atomic E-state index is -5.08. The first-order valence-corrected chi connectivity index (χ1v) is 7.96. The Morgan fingerprint density at radius 1 is 0.645 bits per heavy atom. The van der Waals surface area contributed by atoms with Crippen LogP contribution in [0.4, 0.5) is 39.5 Å². The zero-order chi connectivity index (χ0) is 25.8. The third-order valence-electron chi connectivity index (χ3n) is 1.80. The van der Waals surface area contributed by atoms with Crippen molar-refractivity contribution < 1.29 is 77.6 Å². The maximum Gasteiger partial charge on any atom is 0.490 e. The maximum atomic E-state index is 10.6. The normalized spacial score (nSPS) is 11.3. The maximum absolute atomic E-state index is 10.6. The molecule has 0 aromatic heterocycles. The van der Waals surface area contributed by atoms with Crippen LogP contribution in [0.5, 0.6) is 0 Å². The highest BCUT2D eigenvalue weighted by molar-refractivity contribution is 7.89. The molecule has 9 nitrogen and oxygen atoms in total. The van der Waals surface area contributed by atoms with E-state index >= 15 is 0 Å². The molecule has 0 aliphatic rings. The average Bonchev–Trinajstić information content (AvgIpc) is 2.54. The van der Waals surface area contributed by atoms with Gasteiger partial charge in [-0.05, 0) is 12.1 Å². The van der Waals surface area contributed by atoms with Crippen LogP contribution in [0.3, 0.4) is 0 Å². The number of nitrogens with two attached hydrogens (primary N) is 1. The quantitative estimate of drug-likeness (QED) is 0.426. The lowest BCUT2D eigenvalue weighted by atomic mass is 10.4. The molecule has 0 fully saturated rings. The molecule has 0 radical (unpaired) electrons. The second-order valence-electron chi connectivity index (χ2n) is 4.27. The topological polar surface area (TPSA) is 172 Å². The molecule has 0 unspecified atom stereocenters. The van der Waals surface area contributed by atoms with E-state index in [1.807, 2.05) is 0 Å². The van der Waals surface area contributed by atoms with Crippen LogP contribution in [0.25, 0.3) is 0 Å². The number of carboxylic acids is 3. The minimum Gasteiger partial charge on any atom is -0.475 e. The van der Waals surface area contributed by atoms with Gasteiger partial charge in [0, 0.05) is 0 Å². The number of benzene rings is 1. The number of hydrogen-bond donors (Lipinski definition) is 4. The van der Waals surface area contributed by atoms with Crippen LogP contribution in [0, 0.1) is 0 Å². The van der Waals surface area contributed by atoms with Gasteiger partial charge >= 0.3 is 36.4 Å². The monoisotopic (exact) mass is 499 g/mol. The predicted octanol–water partition coefficient (Wildman–Crippen LogP) is 2.23. The molecular formula is C12H10F9NO8S. The number of alkyl halides is 9. The molecule has 180 valence electrons. The van der Waals surface area contributed by atoms with Gasteiger partial charge in [-0.15, -0.1) is 0 Å². The SMILES string of the molecule is NS(=O)(=O)c1ccccc1.O=C(O)C(F)(F)F.O=C(O)C(F)(F)F.O=C(O)C(F)(F)F. The first kappa shape index (κ1) is 32.6. The molecule has 0 saturated carbocycles. The van der Waals surface area contributed by atoms with Crippen LogP contribution in [0.2, 0.25) is 0 Å². The van der Waals surface area contributed by atoms with Gasteiger partial charge in [-0.1, -0.05) is 18.2 Å². The fourth-order valence-electron chi connectivity index (χ4n) is 0.610. The Morgan fingerprint density at radius 3 is 0.935 bits per heavy atom. The number of primary sulfonamides is 1. The lowest BCUT2D eigenvalue weighted by Crippen LogP contribution is -2.21. The first-order valence-electron chi connectivity index (χ1n) is 6.42. The van der Waals surface area contributed by atoms with E-state index in [4.69, 9.17) is 34.8 Å². The van der Waals surface area contributed by atoms with Crippen LogP contribution in [0.1, 0.15) is 0 Å². The molecule has 0 atom stereocenters. The van der Waals surface area contributed by atoms with Crippen molar-refractivity contribution in [2.45, 2.75) is 23.4 Å². The Hall–Kier alpha value is -3.09. The zero-order valence-electron chi connectivity index (χ0n) is 14.2. The second kappa shape index (κ2) is 12.6. The van der Waals surface area contributed by atoms with Crippen LogP contribution in [-0.2, 0) is 24.4 Å². The predicted molar refractivity (Wildman–Crippen MR) is 78.9 cm³/mol. The highest BCUT2D eigenvalue weighted by atomic mass is 32.2. The van der Waals surface area contributed by atoms with Gasteiger partial charge in [-0.25, -0.2) is 27.9 Å². The van der Waals surface area contributed by atoms with E-state index in [1.54, 1.807) is 18.2 Å². The molecule has 0 amide bonds. The molecule has 5 N–H and O–H groups in total. The number of sulfonamides is 1. The third kappa shape index (κ3) is 20.0. The molecule has 0 aliphatic heterocycles. The van der Waals surface area contributed by atoms with E-state index in [0.29, 0.717) is 0 Å². The minimum absolute atomic E-state index is 0.148. The first-order chi connectivity index (χ1) is 13.4. The Balaban J connectivity index is -0.000000343. The van der Waals surface area contributed by atoms with Gasteiger partial charge in [0.05, 0.1) is 4.90 Å². The van der Waals surface area contributed by atoms with Gasteiger partial charge in [-0.3, -0.25) is 0 Å². The summed E-state index contributed by atoms with van der Waals surface area (Å²) in [6, 6.07) is 7.89. The number of carbonyl (C=O) groups is 3. The van der Waals surface area contributed by atoms with Gasteiger partial charge in [0.2, 0.25) is 10.0 Å². The molecule has 0 aliphatic carbocycles. The van der Waals surface area contributed by atoms with E-state index < -0.39 is 46.5 Å². The van der Waals surface area contributed by atoms with E-state index in [2.05, 4.69) is 0 Å². The number of rotatable bonds is 1. The van der Waals surface area contributed by atoms with Gasteiger partial charge in [-0.2, -0.15) is 39.5 Å². The molecule has 0 saturated heterocycles. The van der Waals surface area contributed by atoms with Crippen LogP contribution >= 0.6 is 0 Å². The van der Waals surface area contributed by atoms with Crippen LogP contribution in [0.15, 0.2) is 35.2 Å². The van der Waals surface area contributed by atoms with E-state index in [-0.39, 0.29) is 4.90 Å². The smallest absolute Gasteiger partial charge is 0.475 e. The zero-order valence-corrected chi connectivity index (χ0v) is 15.0. The number of aliphatic carboxylic acids is 3. The summed E-state index contributed by atoms with van der Waals surface area (Å²) in [5, 5.41) is 26.2. The van der Waals surface area contributed by atoms with Crippen molar-refractivity contribution >= 4 is 27.9 Å². The molecule has 31 heavy (non-hydrogen) atoms. The summed E-state index contributed by atoms with van der Waals surface area (Å²) in [5.74, 6) is -8.27. The summed E-state index contributed by atoms with van der Waals surface area (Å²) in [6.07, 6.45) is -15.3. The van der Waals surface area contributed by atoms with Gasteiger partial charge in [0.1, 0.15) is 0 Å². The Kier molecular flexibility index (Phi) is 13.2. The van der Waals surface area contributed by atoms with Crippen molar-refractivity contribution in [3.05, 3.63) is 30.3 Å². The van der Waals surface area contributed by atoms with Gasteiger partial charge < -0.3 is 15.3 Å². The van der Waals surface area contributed by atoms with Crippen molar-refractivity contribution in [2.75, 3.05) is 0 Å². The number of halogens is 9. The van der Waals surface area contributed by atoms with Crippen molar-refractivity contribution in [2.24, 2.45) is 5.14 Å². The summed E-state index contributed by atoms with van der Waals surface area (Å²) < 4.78 is 116. The highest BCUT2D eigenvalue weighted by Gasteiger charge is 2.39. The molecular weight excluding hydrogens is 489 g/mol. The number of hydrogen-bond acceptors (Lipinski definition) is 5. The largest absolute Gasteiger partial charge is 0.490 e. The van der Waals surface area contributed by atoms with Crippen LogP contribution in [-0.4, -0.2) is 60.2 Å². The standard InChI is InChI=1S/C6H7NO2S.3C2HF3O2/c7-10(8,9)6-4-2-1-3-5-6;3*3-2(4,5)1(6)7/h1-5H,(H2,7,8,9);3*(H,6,7). The molecule has 1 rings (SSSR count). The van der Waals surface area contributed by atoms with E-state index in [0.717, 1.165) is 0 Å². The summed E-state index contributed by atoms with van der Waals surface area (Å²) >= 11 is 0. The Morgan fingerprint density at radius 2 is 0.839 bits per heavy atom. The molecule has 0 spiro atoms. The summed E-state index contributed by atoms with van der Waals surface area (Å²) in [4.78, 5) is 26.8. The number of carboxylic acid groups (broad SMARTS) is 3. The fourth-order valence-corrected chi connectivity index (χ4v) is 1.15. The Labute approximate surface area is 165 Å². The van der Waals surface area contributed by atoms with Crippen molar-refractivity contribution in [3.8, 4) is 0 Å². The van der Waals surface area contributed by atoms with Crippen LogP contribution < -0.4 is 5.14 Å². The molecule has 1 aromatic carbocycles. The van der Waals surface area contributed by atoms with Gasteiger partial charge in [0.15, 0.2) is 0 Å². The molecule has 0 heterocycles. The highest BCUT2D eigenvalue weighted by Crippen LogP contribution is 2.14. The van der Waals surface area contributed by atoms with E-state index in [9.17, 15) is 47.9 Å². The molecule has 19 heteroatoms. The summed E-state index contributed by atoms with van der Waals surface area (Å²) in [5.41, 5.74) is 0. The summed E-state index contributed by atoms with van der Waals surface area (Å²) in [6.45, 7) is 0. The van der Waals surface area contributed by atoms with Crippen molar-refractivity contribution in [3.63, 3.8) is 0 Å². The molecule has 1 aromatic rings. The fraction of sp³-hybridized carbons (Fsp3) is 0.250. The second-order valence-corrected chi connectivity index (χ2v) is 5.83. The van der Waals surface area contributed by atoms with Crippen molar-refractivity contribution in [1.29, 1.82) is 0 Å². The Bertz CT molecular complexity index is 760. The lowest BCUT2D eigenvalue weighted by Gasteiger charge is -1.93. The third-order valence-corrected chi connectivity index (χ3v) is 2.73. The summed E-state index contributed by atoms with van der Waals surface area (Å²) in [7, 11) is -3.50. The molecule has 0 bridgehead atoms. The van der Waals surface area contributed by atoms with Gasteiger partial charge in [0.25, 0.3) is 0 Å². The average molecular weight is 499 g/mol.